The van der Waals surface area contributed by atoms with Crippen molar-refractivity contribution < 1.29 is 9.32 Å². The Hall–Kier alpha value is -2.95. The van der Waals surface area contributed by atoms with Gasteiger partial charge in [-0.1, -0.05) is 48.5 Å². The van der Waals surface area contributed by atoms with Crippen LogP contribution in [0.4, 0.5) is 0 Å². The number of amides is 1. The molecule has 5 nitrogen and oxygen atoms in total. The predicted octanol–water partition coefficient (Wildman–Crippen LogP) is 3.93. The molecular formula is C19H19N3O2. The second kappa shape index (κ2) is 7.08. The number of carbonyl (C=O) groups excluding carboxylic acids is 1. The van der Waals surface area contributed by atoms with Crippen LogP contribution in [0.25, 0.3) is 11.3 Å². The second-order valence-electron chi connectivity index (χ2n) is 5.57. The van der Waals surface area contributed by atoms with E-state index in [9.17, 15) is 4.79 Å². The van der Waals surface area contributed by atoms with E-state index in [-0.39, 0.29) is 11.9 Å². The Labute approximate surface area is 140 Å². The van der Waals surface area contributed by atoms with Crippen molar-refractivity contribution in [1.82, 2.24) is 15.5 Å². The molecule has 0 radical (unpaired) electrons. The number of aryl methyl sites for hydroxylation is 1. The summed E-state index contributed by atoms with van der Waals surface area (Å²) in [7, 11) is 0. The zero-order valence-electron chi connectivity index (χ0n) is 13.7. The summed E-state index contributed by atoms with van der Waals surface area (Å²) in [6.45, 7) is 4.01. The van der Waals surface area contributed by atoms with Crippen LogP contribution in [-0.4, -0.2) is 16.0 Å². The van der Waals surface area contributed by atoms with E-state index in [2.05, 4.69) is 15.5 Å². The maximum Gasteiger partial charge on any atom is 0.257 e. The molecule has 2 aromatic heterocycles. The maximum absolute atomic E-state index is 12.7. The van der Waals surface area contributed by atoms with E-state index in [4.69, 9.17) is 4.52 Å². The van der Waals surface area contributed by atoms with Gasteiger partial charge in [0.05, 0.1) is 17.9 Å². The fraction of sp³-hybridized carbons (Fsp3) is 0.211. The van der Waals surface area contributed by atoms with Gasteiger partial charge in [-0.3, -0.25) is 9.78 Å². The lowest BCUT2D eigenvalue weighted by Gasteiger charge is -2.18. The minimum Gasteiger partial charge on any atom is -0.355 e. The monoisotopic (exact) mass is 321 g/mol. The smallest absolute Gasteiger partial charge is 0.257 e. The molecule has 1 aromatic carbocycles. The fourth-order valence-corrected chi connectivity index (χ4v) is 2.66. The Morgan fingerprint density at radius 3 is 2.71 bits per heavy atom. The van der Waals surface area contributed by atoms with E-state index in [1.54, 1.807) is 6.20 Å². The lowest BCUT2D eigenvalue weighted by atomic mass is 10.0. The summed E-state index contributed by atoms with van der Waals surface area (Å²) in [6.07, 6.45) is 3.94. The Balaban J connectivity index is 1.86. The molecule has 2 heterocycles. The van der Waals surface area contributed by atoms with Crippen molar-refractivity contribution in [2.45, 2.75) is 26.3 Å². The summed E-state index contributed by atoms with van der Waals surface area (Å²) >= 11 is 0. The number of nitrogens with zero attached hydrogens (tertiary/aromatic N) is 2. The van der Waals surface area contributed by atoms with Gasteiger partial charge >= 0.3 is 0 Å². The highest BCUT2D eigenvalue weighted by atomic mass is 16.5. The lowest BCUT2D eigenvalue weighted by molar-refractivity contribution is 0.0935. The molecule has 24 heavy (non-hydrogen) atoms. The first-order valence-electron chi connectivity index (χ1n) is 7.93. The highest BCUT2D eigenvalue weighted by Crippen LogP contribution is 2.25. The molecule has 1 atom stereocenters. The average Bonchev–Trinajstić information content (AvgIpc) is 3.11. The van der Waals surface area contributed by atoms with Gasteiger partial charge in [0.2, 0.25) is 0 Å². The third-order valence-corrected chi connectivity index (χ3v) is 3.94. The highest BCUT2D eigenvalue weighted by Gasteiger charge is 2.22. The molecule has 0 spiro atoms. The van der Waals surface area contributed by atoms with E-state index >= 15 is 0 Å². The molecule has 0 fully saturated rings. The number of hydrogen-bond donors (Lipinski definition) is 1. The molecule has 3 rings (SSSR count). The second-order valence-corrected chi connectivity index (χ2v) is 5.57. The van der Waals surface area contributed by atoms with E-state index in [1.807, 2.05) is 56.3 Å². The number of pyridine rings is 1. The molecule has 1 amide bonds. The van der Waals surface area contributed by atoms with E-state index < -0.39 is 0 Å². The molecule has 0 saturated carbocycles. The van der Waals surface area contributed by atoms with Crippen LogP contribution < -0.4 is 5.32 Å². The zero-order valence-corrected chi connectivity index (χ0v) is 13.7. The fourth-order valence-electron chi connectivity index (χ4n) is 2.66. The van der Waals surface area contributed by atoms with E-state index in [0.717, 1.165) is 23.2 Å². The van der Waals surface area contributed by atoms with Gasteiger partial charge in [-0.05, 0) is 25.0 Å². The van der Waals surface area contributed by atoms with Crippen LogP contribution in [0.1, 0.15) is 41.0 Å². The largest absolute Gasteiger partial charge is 0.355 e. The molecule has 0 saturated heterocycles. The molecule has 3 aromatic rings. The average molecular weight is 321 g/mol. The van der Waals surface area contributed by atoms with Crippen molar-refractivity contribution in [3.8, 4) is 11.3 Å². The van der Waals surface area contributed by atoms with Crippen molar-refractivity contribution in [1.29, 1.82) is 0 Å². The Morgan fingerprint density at radius 1 is 1.21 bits per heavy atom. The quantitative estimate of drug-likeness (QED) is 0.773. The summed E-state index contributed by atoms with van der Waals surface area (Å²) < 4.78 is 5.29. The number of aromatic nitrogens is 2. The molecular weight excluding hydrogens is 302 g/mol. The molecule has 0 aliphatic heterocycles. The standard InChI is InChI=1S/C19H19N3O2/c1-3-16(17-13(2)8-7-11-20-17)22-19(23)15-12-21-24-18(15)14-9-5-4-6-10-14/h4-12,16H,3H2,1-2H3,(H,22,23). The number of hydrogen-bond acceptors (Lipinski definition) is 4. The third kappa shape index (κ3) is 3.20. The van der Waals surface area contributed by atoms with Gasteiger partial charge < -0.3 is 9.84 Å². The van der Waals surface area contributed by atoms with Gasteiger partial charge in [0.25, 0.3) is 5.91 Å². The summed E-state index contributed by atoms with van der Waals surface area (Å²) in [4.78, 5) is 17.1. The molecule has 122 valence electrons. The normalized spacial score (nSPS) is 11.9. The first kappa shape index (κ1) is 15.9. The van der Waals surface area contributed by atoms with Crippen molar-refractivity contribution >= 4 is 5.91 Å². The lowest BCUT2D eigenvalue weighted by Crippen LogP contribution is -2.29. The van der Waals surface area contributed by atoms with Crippen molar-refractivity contribution in [2.24, 2.45) is 0 Å². The Morgan fingerprint density at radius 2 is 2.00 bits per heavy atom. The minimum absolute atomic E-state index is 0.155. The minimum atomic E-state index is -0.216. The zero-order chi connectivity index (χ0) is 16.9. The van der Waals surface area contributed by atoms with Crippen LogP contribution >= 0.6 is 0 Å². The Bertz CT molecular complexity index is 827. The summed E-state index contributed by atoms with van der Waals surface area (Å²) in [6, 6.07) is 13.2. The van der Waals surface area contributed by atoms with Crippen LogP contribution in [0.15, 0.2) is 59.4 Å². The van der Waals surface area contributed by atoms with E-state index in [1.165, 1.54) is 6.20 Å². The summed E-state index contributed by atoms with van der Waals surface area (Å²) in [5.74, 6) is 0.257. The van der Waals surface area contributed by atoms with Gasteiger partial charge in [-0.2, -0.15) is 0 Å². The van der Waals surface area contributed by atoms with Crippen LogP contribution in [-0.2, 0) is 0 Å². The molecule has 0 bridgehead atoms. The number of rotatable bonds is 5. The molecule has 1 unspecified atom stereocenters. The van der Waals surface area contributed by atoms with Gasteiger partial charge in [0.1, 0.15) is 5.56 Å². The van der Waals surface area contributed by atoms with Gasteiger partial charge in [-0.25, -0.2) is 0 Å². The maximum atomic E-state index is 12.7. The molecule has 1 N–H and O–H groups in total. The molecule has 0 aliphatic carbocycles. The summed E-state index contributed by atoms with van der Waals surface area (Å²) in [5.41, 5.74) is 3.18. The third-order valence-electron chi connectivity index (χ3n) is 3.94. The Kier molecular flexibility index (Phi) is 4.70. The highest BCUT2D eigenvalue weighted by molar-refractivity contribution is 5.99. The number of carbonyl (C=O) groups is 1. The number of nitrogens with one attached hydrogen (secondary N) is 1. The van der Waals surface area contributed by atoms with Crippen LogP contribution in [0.2, 0.25) is 0 Å². The molecule has 0 aliphatic rings. The van der Waals surface area contributed by atoms with Gasteiger partial charge in [-0.15, -0.1) is 0 Å². The van der Waals surface area contributed by atoms with Crippen molar-refractivity contribution in [3.63, 3.8) is 0 Å². The van der Waals surface area contributed by atoms with E-state index in [0.29, 0.717) is 11.3 Å². The van der Waals surface area contributed by atoms with Crippen LogP contribution in [0, 0.1) is 6.92 Å². The van der Waals surface area contributed by atoms with Crippen molar-refractivity contribution in [3.05, 3.63) is 71.7 Å². The van der Waals surface area contributed by atoms with Crippen LogP contribution in [0.3, 0.4) is 0 Å². The van der Waals surface area contributed by atoms with Gasteiger partial charge in [0, 0.05) is 11.8 Å². The van der Waals surface area contributed by atoms with Crippen LogP contribution in [0.5, 0.6) is 0 Å². The summed E-state index contributed by atoms with van der Waals surface area (Å²) in [5, 5.41) is 6.83. The topological polar surface area (TPSA) is 68.0 Å². The molecule has 5 heteroatoms. The first-order valence-corrected chi connectivity index (χ1v) is 7.93. The van der Waals surface area contributed by atoms with Gasteiger partial charge in [0.15, 0.2) is 5.76 Å². The van der Waals surface area contributed by atoms with Crippen molar-refractivity contribution in [2.75, 3.05) is 0 Å². The predicted molar refractivity (Wildman–Crippen MR) is 91.4 cm³/mol. The number of benzene rings is 1. The first-order chi connectivity index (χ1) is 11.7. The SMILES string of the molecule is CCC(NC(=O)c1cnoc1-c1ccccc1)c1ncccc1C.